The molecule has 0 aliphatic heterocycles. The van der Waals surface area contributed by atoms with Gasteiger partial charge in [-0.25, -0.2) is 9.48 Å². The van der Waals surface area contributed by atoms with Crippen LogP contribution in [0.25, 0.3) is 0 Å². The van der Waals surface area contributed by atoms with Gasteiger partial charge in [0.15, 0.2) is 5.69 Å². The van der Waals surface area contributed by atoms with Crippen LogP contribution in [0.4, 0.5) is 0 Å². The van der Waals surface area contributed by atoms with Crippen molar-refractivity contribution in [2.75, 3.05) is 13.7 Å². The van der Waals surface area contributed by atoms with E-state index in [1.807, 2.05) is 6.92 Å². The zero-order valence-electron chi connectivity index (χ0n) is 12.1. The molecule has 6 heteroatoms. The van der Waals surface area contributed by atoms with E-state index in [2.05, 4.69) is 24.2 Å². The van der Waals surface area contributed by atoms with Crippen molar-refractivity contribution in [3.05, 3.63) is 11.4 Å². The highest BCUT2D eigenvalue weighted by molar-refractivity contribution is 5.86. The van der Waals surface area contributed by atoms with E-state index in [0.29, 0.717) is 24.6 Å². The molecular weight excluding hydrogens is 246 g/mol. The minimum Gasteiger partial charge on any atom is -0.476 e. The molecule has 1 atom stereocenters. The van der Waals surface area contributed by atoms with E-state index >= 15 is 0 Å². The van der Waals surface area contributed by atoms with Crippen molar-refractivity contribution in [1.82, 2.24) is 15.0 Å². The van der Waals surface area contributed by atoms with E-state index in [9.17, 15) is 4.79 Å². The third-order valence-electron chi connectivity index (χ3n) is 3.11. The summed E-state index contributed by atoms with van der Waals surface area (Å²) in [5.74, 6) is -0.497. The highest BCUT2D eigenvalue weighted by Crippen LogP contribution is 2.18. The smallest absolute Gasteiger partial charge is 0.358 e. The summed E-state index contributed by atoms with van der Waals surface area (Å²) in [5.41, 5.74) is 0.787. The van der Waals surface area contributed by atoms with Crippen molar-refractivity contribution in [3.63, 3.8) is 0 Å². The SMILES string of the molecule is COCCC(C)n1nnc(C(=O)O)c1CCC(C)C. The first-order chi connectivity index (χ1) is 8.97. The monoisotopic (exact) mass is 269 g/mol. The van der Waals surface area contributed by atoms with Crippen LogP contribution in [0.15, 0.2) is 0 Å². The standard InChI is InChI=1S/C13H23N3O3/c1-9(2)5-6-11-12(13(17)18)14-15-16(11)10(3)7-8-19-4/h9-10H,5-8H2,1-4H3,(H,17,18). The molecule has 1 rings (SSSR count). The van der Waals surface area contributed by atoms with Gasteiger partial charge < -0.3 is 9.84 Å². The summed E-state index contributed by atoms with van der Waals surface area (Å²) in [6, 6.07) is 0.0858. The van der Waals surface area contributed by atoms with E-state index in [-0.39, 0.29) is 11.7 Å². The third-order valence-corrected chi connectivity index (χ3v) is 3.11. The molecule has 1 aromatic rings. The number of nitrogens with zero attached hydrogens (tertiary/aromatic N) is 3. The number of ether oxygens (including phenoxy) is 1. The first kappa shape index (κ1) is 15.6. The Bertz CT molecular complexity index is 415. The normalized spacial score (nSPS) is 12.9. The summed E-state index contributed by atoms with van der Waals surface area (Å²) in [5, 5.41) is 17.0. The van der Waals surface area contributed by atoms with Crippen LogP contribution in [0.1, 0.15) is 55.8 Å². The van der Waals surface area contributed by atoms with Crippen LogP contribution in [0.3, 0.4) is 0 Å². The molecule has 0 spiro atoms. The fraction of sp³-hybridized carbons (Fsp3) is 0.769. The van der Waals surface area contributed by atoms with Crippen LogP contribution in [-0.2, 0) is 11.2 Å². The third kappa shape index (κ3) is 4.31. The van der Waals surface area contributed by atoms with Crippen molar-refractivity contribution < 1.29 is 14.6 Å². The average molecular weight is 269 g/mol. The van der Waals surface area contributed by atoms with Crippen molar-refractivity contribution in [3.8, 4) is 0 Å². The lowest BCUT2D eigenvalue weighted by Crippen LogP contribution is -2.15. The Hall–Kier alpha value is -1.43. The molecule has 0 fully saturated rings. The Balaban J connectivity index is 2.93. The quantitative estimate of drug-likeness (QED) is 0.782. The van der Waals surface area contributed by atoms with Gasteiger partial charge in [-0.05, 0) is 32.1 Å². The number of hydrogen-bond acceptors (Lipinski definition) is 4. The second-order valence-corrected chi connectivity index (χ2v) is 5.20. The second kappa shape index (κ2) is 7.23. The number of aromatic nitrogens is 3. The van der Waals surface area contributed by atoms with Crippen LogP contribution < -0.4 is 0 Å². The molecule has 0 aliphatic carbocycles. The zero-order chi connectivity index (χ0) is 14.4. The van der Waals surface area contributed by atoms with Gasteiger partial charge in [-0.15, -0.1) is 5.10 Å². The van der Waals surface area contributed by atoms with Gasteiger partial charge >= 0.3 is 5.97 Å². The summed E-state index contributed by atoms with van der Waals surface area (Å²) in [6.45, 7) is 6.84. The van der Waals surface area contributed by atoms with E-state index in [0.717, 1.165) is 12.8 Å². The van der Waals surface area contributed by atoms with Crippen molar-refractivity contribution >= 4 is 5.97 Å². The zero-order valence-corrected chi connectivity index (χ0v) is 12.1. The highest BCUT2D eigenvalue weighted by atomic mass is 16.5. The summed E-state index contributed by atoms with van der Waals surface area (Å²) in [6.07, 6.45) is 2.39. The number of rotatable bonds is 8. The molecule has 6 nitrogen and oxygen atoms in total. The highest BCUT2D eigenvalue weighted by Gasteiger charge is 2.21. The predicted molar refractivity (Wildman–Crippen MR) is 71.3 cm³/mol. The molecule has 0 bridgehead atoms. The van der Waals surface area contributed by atoms with Crippen LogP contribution in [0.5, 0.6) is 0 Å². The molecule has 19 heavy (non-hydrogen) atoms. The largest absolute Gasteiger partial charge is 0.476 e. The summed E-state index contributed by atoms with van der Waals surface area (Å²) >= 11 is 0. The van der Waals surface area contributed by atoms with Gasteiger partial charge in [0, 0.05) is 13.7 Å². The summed E-state index contributed by atoms with van der Waals surface area (Å²) in [7, 11) is 1.65. The molecule has 108 valence electrons. The van der Waals surface area contributed by atoms with Gasteiger partial charge in [0.2, 0.25) is 0 Å². The topological polar surface area (TPSA) is 77.2 Å². The first-order valence-electron chi connectivity index (χ1n) is 6.63. The first-order valence-corrected chi connectivity index (χ1v) is 6.63. The number of carboxylic acid groups (broad SMARTS) is 1. The maximum Gasteiger partial charge on any atom is 0.358 e. The van der Waals surface area contributed by atoms with Crippen LogP contribution in [0.2, 0.25) is 0 Å². The lowest BCUT2D eigenvalue weighted by atomic mass is 10.0. The Morgan fingerprint density at radius 1 is 1.37 bits per heavy atom. The van der Waals surface area contributed by atoms with Crippen molar-refractivity contribution in [2.24, 2.45) is 5.92 Å². The average Bonchev–Trinajstić information content (AvgIpc) is 2.77. The number of carbonyl (C=O) groups is 1. The molecule has 0 aromatic carbocycles. The lowest BCUT2D eigenvalue weighted by Gasteiger charge is -2.15. The van der Waals surface area contributed by atoms with Gasteiger partial charge in [-0.1, -0.05) is 19.1 Å². The molecule has 0 amide bonds. The number of carboxylic acids is 1. The maximum atomic E-state index is 11.2. The van der Waals surface area contributed by atoms with Gasteiger partial charge in [0.25, 0.3) is 0 Å². The predicted octanol–water partition coefficient (Wildman–Crippen LogP) is 2.16. The molecule has 0 saturated heterocycles. The van der Waals surface area contributed by atoms with Crippen molar-refractivity contribution in [2.45, 2.75) is 46.1 Å². The number of aromatic carboxylic acids is 1. The van der Waals surface area contributed by atoms with Crippen LogP contribution in [-0.4, -0.2) is 39.8 Å². The van der Waals surface area contributed by atoms with Crippen LogP contribution >= 0.6 is 0 Å². The van der Waals surface area contributed by atoms with Crippen molar-refractivity contribution in [1.29, 1.82) is 0 Å². The molecule has 0 saturated carbocycles. The van der Waals surface area contributed by atoms with E-state index in [4.69, 9.17) is 9.84 Å². The Labute approximate surface area is 113 Å². The molecule has 1 heterocycles. The van der Waals surface area contributed by atoms with Gasteiger partial charge in [0.1, 0.15) is 0 Å². The van der Waals surface area contributed by atoms with E-state index in [1.54, 1.807) is 11.8 Å². The van der Waals surface area contributed by atoms with Crippen LogP contribution in [0, 0.1) is 5.92 Å². The van der Waals surface area contributed by atoms with E-state index in [1.165, 1.54) is 0 Å². The summed E-state index contributed by atoms with van der Waals surface area (Å²) in [4.78, 5) is 11.2. The second-order valence-electron chi connectivity index (χ2n) is 5.20. The number of hydrogen-bond donors (Lipinski definition) is 1. The minimum absolute atomic E-state index is 0.0740. The molecule has 0 radical (unpaired) electrons. The Morgan fingerprint density at radius 2 is 2.05 bits per heavy atom. The van der Waals surface area contributed by atoms with E-state index < -0.39 is 5.97 Å². The molecule has 1 unspecified atom stereocenters. The molecule has 0 aliphatic rings. The lowest BCUT2D eigenvalue weighted by molar-refractivity contribution is 0.0689. The molecular formula is C13H23N3O3. The molecule has 1 N–H and O–H groups in total. The van der Waals surface area contributed by atoms with Gasteiger partial charge in [-0.3, -0.25) is 0 Å². The fourth-order valence-electron chi connectivity index (χ4n) is 1.90. The minimum atomic E-state index is -1.01. The van der Waals surface area contributed by atoms with Gasteiger partial charge in [0.05, 0.1) is 11.7 Å². The van der Waals surface area contributed by atoms with Gasteiger partial charge in [-0.2, -0.15) is 0 Å². The molecule has 1 aromatic heterocycles. The summed E-state index contributed by atoms with van der Waals surface area (Å²) < 4.78 is 6.78. The Kier molecular flexibility index (Phi) is 5.95. The number of methoxy groups -OCH3 is 1. The maximum absolute atomic E-state index is 11.2. The fourth-order valence-corrected chi connectivity index (χ4v) is 1.90. The Morgan fingerprint density at radius 3 is 2.58 bits per heavy atom.